The number of amides is 1. The highest BCUT2D eigenvalue weighted by atomic mass is 32.2. The van der Waals surface area contributed by atoms with Crippen molar-refractivity contribution in [3.05, 3.63) is 84.8 Å². The number of aromatic nitrogens is 3. The fraction of sp³-hybridized carbons (Fsp3) is 0.0952. The van der Waals surface area contributed by atoms with E-state index in [-0.39, 0.29) is 11.7 Å². The summed E-state index contributed by atoms with van der Waals surface area (Å²) in [6.07, 6.45) is 6.96. The molecule has 4 rings (SSSR count). The molecule has 3 heterocycles. The number of nitrogens with zero attached hydrogens (tertiary/aromatic N) is 3. The lowest BCUT2D eigenvalue weighted by Crippen LogP contribution is -2.10. The van der Waals surface area contributed by atoms with E-state index in [1.165, 1.54) is 0 Å². The second-order valence-corrected chi connectivity index (χ2v) is 7.08. The second kappa shape index (κ2) is 8.66. The van der Waals surface area contributed by atoms with E-state index in [0.717, 1.165) is 5.16 Å². The fourth-order valence-electron chi connectivity index (χ4n) is 2.55. The minimum atomic E-state index is -0.305. The average molecular weight is 406 g/mol. The normalized spacial score (nSPS) is 10.7. The Kier molecular flexibility index (Phi) is 5.62. The molecule has 0 radical (unpaired) electrons. The quantitative estimate of drug-likeness (QED) is 0.446. The lowest BCUT2D eigenvalue weighted by atomic mass is 10.3. The van der Waals surface area contributed by atoms with Crippen LogP contribution in [-0.2, 0) is 12.8 Å². The molecule has 0 aliphatic rings. The van der Waals surface area contributed by atoms with E-state index in [4.69, 9.17) is 9.15 Å². The molecule has 146 valence electrons. The van der Waals surface area contributed by atoms with E-state index in [1.807, 2.05) is 17.8 Å². The minimum absolute atomic E-state index is 0.262. The van der Waals surface area contributed by atoms with E-state index in [1.54, 1.807) is 78.9 Å². The first-order valence-electron chi connectivity index (χ1n) is 8.85. The number of nitrogens with one attached hydrogen (secondary N) is 1. The SMILES string of the molecule is Cn1ccnc1SCc1ccc(C(=O)Nc2ccc(Oc3ccncc3)cc2)o1. The first kappa shape index (κ1) is 18.8. The highest BCUT2D eigenvalue weighted by molar-refractivity contribution is 7.98. The van der Waals surface area contributed by atoms with E-state index in [9.17, 15) is 4.79 Å². The van der Waals surface area contributed by atoms with Gasteiger partial charge in [-0.2, -0.15) is 0 Å². The third-order valence-corrected chi connectivity index (χ3v) is 5.08. The van der Waals surface area contributed by atoms with Gasteiger partial charge >= 0.3 is 0 Å². The van der Waals surface area contributed by atoms with Crippen molar-refractivity contribution in [3.8, 4) is 11.5 Å². The number of rotatable bonds is 7. The van der Waals surface area contributed by atoms with Crippen molar-refractivity contribution < 1.29 is 13.9 Å². The zero-order chi connectivity index (χ0) is 20.1. The number of aryl methyl sites for hydroxylation is 1. The van der Waals surface area contributed by atoms with E-state index in [0.29, 0.717) is 28.7 Å². The molecule has 7 nitrogen and oxygen atoms in total. The standard InChI is InChI=1S/C21H18N4O3S/c1-25-13-12-23-21(25)29-14-18-6-7-19(28-18)20(26)24-15-2-4-16(5-3-15)27-17-8-10-22-11-9-17/h2-13H,14H2,1H3,(H,24,26). The van der Waals surface area contributed by atoms with Crippen LogP contribution in [-0.4, -0.2) is 20.4 Å². The van der Waals surface area contributed by atoms with Crippen LogP contribution in [0.15, 0.2) is 82.9 Å². The number of ether oxygens (including phenoxy) is 1. The van der Waals surface area contributed by atoms with Gasteiger partial charge in [0.05, 0.1) is 5.75 Å². The van der Waals surface area contributed by atoms with Gasteiger partial charge in [-0.1, -0.05) is 11.8 Å². The van der Waals surface area contributed by atoms with Crippen LogP contribution in [0.4, 0.5) is 5.69 Å². The smallest absolute Gasteiger partial charge is 0.291 e. The zero-order valence-electron chi connectivity index (χ0n) is 15.6. The molecule has 1 amide bonds. The lowest BCUT2D eigenvalue weighted by Gasteiger charge is -2.07. The third-order valence-electron chi connectivity index (χ3n) is 4.00. The van der Waals surface area contributed by atoms with Crippen LogP contribution >= 0.6 is 11.8 Å². The summed E-state index contributed by atoms with van der Waals surface area (Å²) in [4.78, 5) is 20.6. The van der Waals surface area contributed by atoms with Crippen LogP contribution in [0.1, 0.15) is 16.3 Å². The Morgan fingerprint density at radius 1 is 1.07 bits per heavy atom. The predicted octanol–water partition coefficient (Wildman–Crippen LogP) is 4.75. The summed E-state index contributed by atoms with van der Waals surface area (Å²) < 4.78 is 13.3. The molecule has 1 aromatic carbocycles. The molecule has 0 fully saturated rings. The summed E-state index contributed by atoms with van der Waals surface area (Å²) in [5.74, 6) is 2.63. The van der Waals surface area contributed by atoms with Gasteiger partial charge in [0.15, 0.2) is 10.9 Å². The number of hydrogen-bond acceptors (Lipinski definition) is 6. The Hall–Kier alpha value is -3.52. The van der Waals surface area contributed by atoms with Crippen molar-refractivity contribution in [2.45, 2.75) is 10.9 Å². The van der Waals surface area contributed by atoms with Crippen molar-refractivity contribution in [2.75, 3.05) is 5.32 Å². The lowest BCUT2D eigenvalue weighted by molar-refractivity contribution is 0.0995. The summed E-state index contributed by atoms with van der Waals surface area (Å²) >= 11 is 1.55. The Balaban J connectivity index is 1.33. The minimum Gasteiger partial charge on any atom is -0.457 e. The molecule has 0 unspecified atom stereocenters. The van der Waals surface area contributed by atoms with Crippen LogP contribution in [0.5, 0.6) is 11.5 Å². The Bertz CT molecular complexity index is 1090. The van der Waals surface area contributed by atoms with Gasteiger partial charge in [0.1, 0.15) is 17.3 Å². The number of hydrogen-bond donors (Lipinski definition) is 1. The van der Waals surface area contributed by atoms with Gasteiger partial charge in [-0.3, -0.25) is 9.78 Å². The second-order valence-electron chi connectivity index (χ2n) is 6.14. The number of pyridine rings is 1. The molecule has 0 saturated carbocycles. The van der Waals surface area contributed by atoms with Gasteiger partial charge in [0.2, 0.25) is 0 Å². The van der Waals surface area contributed by atoms with Crippen molar-refractivity contribution in [2.24, 2.45) is 7.05 Å². The number of thioether (sulfide) groups is 1. The molecule has 0 aliphatic heterocycles. The monoisotopic (exact) mass is 406 g/mol. The van der Waals surface area contributed by atoms with Crippen LogP contribution in [0, 0.1) is 0 Å². The zero-order valence-corrected chi connectivity index (χ0v) is 16.4. The molecular formula is C21H18N4O3S. The molecule has 0 spiro atoms. The van der Waals surface area contributed by atoms with Crippen LogP contribution in [0.2, 0.25) is 0 Å². The number of benzene rings is 1. The van der Waals surface area contributed by atoms with Gasteiger partial charge < -0.3 is 19.0 Å². The molecule has 0 bridgehead atoms. The van der Waals surface area contributed by atoms with E-state index >= 15 is 0 Å². The predicted molar refractivity (Wildman–Crippen MR) is 110 cm³/mol. The molecule has 3 aromatic heterocycles. The molecule has 29 heavy (non-hydrogen) atoms. The van der Waals surface area contributed by atoms with Gasteiger partial charge in [-0.05, 0) is 48.5 Å². The molecule has 0 atom stereocenters. The van der Waals surface area contributed by atoms with Crippen LogP contribution < -0.4 is 10.1 Å². The summed E-state index contributed by atoms with van der Waals surface area (Å²) in [6.45, 7) is 0. The van der Waals surface area contributed by atoms with Gasteiger partial charge in [-0.25, -0.2) is 4.98 Å². The Morgan fingerprint density at radius 3 is 2.55 bits per heavy atom. The molecule has 0 aliphatic carbocycles. The number of imidazole rings is 1. The van der Waals surface area contributed by atoms with Crippen LogP contribution in [0.25, 0.3) is 0 Å². The molecular weight excluding hydrogens is 388 g/mol. The average Bonchev–Trinajstić information content (AvgIpc) is 3.37. The Labute approximate surface area is 171 Å². The van der Waals surface area contributed by atoms with Gasteiger partial charge in [0, 0.05) is 37.5 Å². The van der Waals surface area contributed by atoms with Crippen molar-refractivity contribution in [3.63, 3.8) is 0 Å². The molecule has 1 N–H and O–H groups in total. The van der Waals surface area contributed by atoms with Gasteiger partial charge in [0.25, 0.3) is 5.91 Å². The number of carbonyl (C=O) groups is 1. The highest BCUT2D eigenvalue weighted by Gasteiger charge is 2.12. The maximum atomic E-state index is 12.4. The van der Waals surface area contributed by atoms with Crippen LogP contribution in [0.3, 0.4) is 0 Å². The highest BCUT2D eigenvalue weighted by Crippen LogP contribution is 2.24. The summed E-state index contributed by atoms with van der Waals surface area (Å²) in [5, 5.41) is 3.71. The maximum Gasteiger partial charge on any atom is 0.291 e. The van der Waals surface area contributed by atoms with Crippen molar-refractivity contribution in [1.29, 1.82) is 0 Å². The first-order valence-corrected chi connectivity index (χ1v) is 9.84. The van der Waals surface area contributed by atoms with Crippen molar-refractivity contribution in [1.82, 2.24) is 14.5 Å². The molecule has 8 heteroatoms. The topological polar surface area (TPSA) is 82.2 Å². The largest absolute Gasteiger partial charge is 0.457 e. The number of furan rings is 1. The summed E-state index contributed by atoms with van der Waals surface area (Å²) in [6, 6.07) is 14.1. The van der Waals surface area contributed by atoms with E-state index < -0.39 is 0 Å². The maximum absolute atomic E-state index is 12.4. The first-order chi connectivity index (χ1) is 14.2. The summed E-state index contributed by atoms with van der Waals surface area (Å²) in [7, 11) is 1.93. The third kappa shape index (κ3) is 4.85. The molecule has 4 aromatic rings. The summed E-state index contributed by atoms with van der Waals surface area (Å²) in [5.41, 5.74) is 0.650. The molecule has 0 saturated heterocycles. The fourth-order valence-corrected chi connectivity index (χ4v) is 3.37. The number of carbonyl (C=O) groups excluding carboxylic acids is 1. The Morgan fingerprint density at radius 2 is 1.83 bits per heavy atom. The van der Waals surface area contributed by atoms with Crippen molar-refractivity contribution >= 4 is 23.4 Å². The van der Waals surface area contributed by atoms with Gasteiger partial charge in [-0.15, -0.1) is 0 Å². The van der Waals surface area contributed by atoms with E-state index in [2.05, 4.69) is 15.3 Å². The number of anilines is 1.